The first-order valence-corrected chi connectivity index (χ1v) is 8.57. The maximum atomic E-state index is 11.7. The minimum atomic E-state index is -0.456. The number of rotatable bonds is 6. The number of hydrogen-bond acceptors (Lipinski definition) is 7. The van der Waals surface area contributed by atoms with Crippen LogP contribution in [-0.2, 0) is 11.3 Å². The molecule has 0 aliphatic carbocycles. The minimum absolute atomic E-state index is 0.258. The van der Waals surface area contributed by atoms with E-state index >= 15 is 0 Å². The molecule has 138 valence electrons. The summed E-state index contributed by atoms with van der Waals surface area (Å²) in [5, 5.41) is 14.5. The van der Waals surface area contributed by atoms with Crippen molar-refractivity contribution in [3.63, 3.8) is 0 Å². The van der Waals surface area contributed by atoms with E-state index in [0.717, 1.165) is 0 Å². The summed E-state index contributed by atoms with van der Waals surface area (Å²) in [7, 11) is 1.32. The highest BCUT2D eigenvalue weighted by atomic mass is 35.5. The largest absolute Gasteiger partial charge is 0.465 e. The first kappa shape index (κ1) is 18.6. The number of benzene rings is 2. The molecule has 0 saturated carbocycles. The van der Waals surface area contributed by atoms with E-state index in [1.807, 2.05) is 18.2 Å². The number of nitrogens with zero attached hydrogens (tertiary/aromatic N) is 3. The summed E-state index contributed by atoms with van der Waals surface area (Å²) in [6, 6.07) is 12.9. The molecule has 27 heavy (non-hydrogen) atoms. The van der Waals surface area contributed by atoms with Crippen LogP contribution in [0.4, 0.5) is 17.5 Å². The van der Waals surface area contributed by atoms with Crippen molar-refractivity contribution in [1.29, 1.82) is 0 Å². The quantitative estimate of drug-likeness (QED) is 0.622. The number of aryl methyl sites for hydroxylation is 1. The van der Waals surface area contributed by atoms with Crippen LogP contribution < -0.4 is 10.6 Å². The second kappa shape index (κ2) is 8.46. The average molecular weight is 384 g/mol. The van der Waals surface area contributed by atoms with Gasteiger partial charge in [-0.3, -0.25) is 0 Å². The molecule has 1 heterocycles. The number of halogens is 1. The van der Waals surface area contributed by atoms with Crippen LogP contribution >= 0.6 is 11.6 Å². The van der Waals surface area contributed by atoms with Crippen LogP contribution in [0.3, 0.4) is 0 Å². The first-order valence-electron chi connectivity index (χ1n) is 8.20. The molecule has 1 aromatic heterocycles. The summed E-state index contributed by atoms with van der Waals surface area (Å²) in [4.78, 5) is 16.1. The molecule has 0 atom stereocenters. The number of ether oxygens (including phenoxy) is 1. The van der Waals surface area contributed by atoms with E-state index in [2.05, 4.69) is 38.8 Å². The zero-order valence-corrected chi connectivity index (χ0v) is 15.6. The average Bonchev–Trinajstić information content (AvgIpc) is 2.69. The SMILES string of the molecule is COC(=O)c1ccc(Cl)c(Nc2nncc(NCc3ccccc3C)n2)c1. The van der Waals surface area contributed by atoms with Gasteiger partial charge in [0.25, 0.3) is 0 Å². The maximum absolute atomic E-state index is 11.7. The Morgan fingerprint density at radius 3 is 2.81 bits per heavy atom. The van der Waals surface area contributed by atoms with Crippen molar-refractivity contribution in [1.82, 2.24) is 15.2 Å². The number of hydrogen-bond donors (Lipinski definition) is 2. The molecule has 0 aliphatic heterocycles. The molecule has 0 unspecified atom stereocenters. The molecule has 0 aliphatic rings. The van der Waals surface area contributed by atoms with Gasteiger partial charge in [-0.2, -0.15) is 10.1 Å². The lowest BCUT2D eigenvalue weighted by Crippen LogP contribution is -2.07. The molecular formula is C19H18ClN5O2. The van der Waals surface area contributed by atoms with E-state index < -0.39 is 5.97 Å². The van der Waals surface area contributed by atoms with E-state index in [1.54, 1.807) is 18.2 Å². The highest BCUT2D eigenvalue weighted by molar-refractivity contribution is 6.33. The lowest BCUT2D eigenvalue weighted by atomic mass is 10.1. The van der Waals surface area contributed by atoms with Gasteiger partial charge in [-0.25, -0.2) is 4.79 Å². The van der Waals surface area contributed by atoms with Gasteiger partial charge in [0, 0.05) is 6.54 Å². The molecular weight excluding hydrogens is 366 g/mol. The zero-order chi connectivity index (χ0) is 19.2. The third-order valence-corrected chi connectivity index (χ3v) is 4.24. The fraction of sp³-hybridized carbons (Fsp3) is 0.158. The lowest BCUT2D eigenvalue weighted by Gasteiger charge is -2.10. The van der Waals surface area contributed by atoms with E-state index in [-0.39, 0.29) is 5.95 Å². The molecule has 0 radical (unpaired) electrons. The van der Waals surface area contributed by atoms with Crippen LogP contribution in [-0.4, -0.2) is 28.3 Å². The number of methoxy groups -OCH3 is 1. The zero-order valence-electron chi connectivity index (χ0n) is 14.9. The number of esters is 1. The van der Waals surface area contributed by atoms with E-state index in [1.165, 1.54) is 24.4 Å². The minimum Gasteiger partial charge on any atom is -0.465 e. The third-order valence-electron chi connectivity index (χ3n) is 3.91. The van der Waals surface area contributed by atoms with Gasteiger partial charge in [0.05, 0.1) is 29.6 Å². The fourth-order valence-electron chi connectivity index (χ4n) is 2.42. The predicted molar refractivity (Wildman–Crippen MR) is 104 cm³/mol. The molecule has 0 bridgehead atoms. The monoisotopic (exact) mass is 383 g/mol. The van der Waals surface area contributed by atoms with Gasteiger partial charge in [0.2, 0.25) is 5.95 Å². The Bertz CT molecular complexity index is 964. The smallest absolute Gasteiger partial charge is 0.337 e. The summed E-state index contributed by atoms with van der Waals surface area (Å²) >= 11 is 6.19. The molecule has 0 amide bonds. The molecule has 2 aromatic carbocycles. The molecule has 2 N–H and O–H groups in total. The van der Waals surface area contributed by atoms with Crippen LogP contribution in [0.1, 0.15) is 21.5 Å². The second-order valence-electron chi connectivity index (χ2n) is 5.76. The normalized spacial score (nSPS) is 10.3. The summed E-state index contributed by atoms with van der Waals surface area (Å²) in [6.45, 7) is 2.67. The number of aromatic nitrogens is 3. The molecule has 3 aromatic rings. The molecule has 0 saturated heterocycles. The van der Waals surface area contributed by atoms with Crippen molar-refractivity contribution < 1.29 is 9.53 Å². The molecule has 7 nitrogen and oxygen atoms in total. The van der Waals surface area contributed by atoms with E-state index in [0.29, 0.717) is 28.6 Å². The predicted octanol–water partition coefficient (Wildman–Crippen LogP) is 3.98. The summed E-state index contributed by atoms with van der Waals surface area (Å²) in [5.41, 5.74) is 3.21. The van der Waals surface area contributed by atoms with Crippen LogP contribution in [0.25, 0.3) is 0 Å². The first-order chi connectivity index (χ1) is 13.1. The van der Waals surface area contributed by atoms with Gasteiger partial charge < -0.3 is 15.4 Å². The van der Waals surface area contributed by atoms with Gasteiger partial charge in [0.1, 0.15) is 0 Å². The Morgan fingerprint density at radius 1 is 1.22 bits per heavy atom. The number of carbonyl (C=O) groups excluding carboxylic acids is 1. The van der Waals surface area contributed by atoms with Gasteiger partial charge in [-0.05, 0) is 36.2 Å². The standard InChI is InChI=1S/C19H18ClN5O2/c1-12-5-3-4-6-14(12)10-21-17-11-22-25-19(24-17)23-16-9-13(18(26)27-2)7-8-15(16)20/h3-9,11H,10H2,1-2H3,(H2,21,23,24,25). The van der Waals surface area contributed by atoms with Crippen LogP contribution in [0.15, 0.2) is 48.7 Å². The molecule has 3 rings (SSSR count). The fourth-order valence-corrected chi connectivity index (χ4v) is 2.59. The van der Waals surface area contributed by atoms with Crippen LogP contribution in [0, 0.1) is 6.92 Å². The molecule has 0 spiro atoms. The number of carbonyl (C=O) groups is 1. The van der Waals surface area contributed by atoms with Gasteiger partial charge in [-0.1, -0.05) is 35.9 Å². The topological polar surface area (TPSA) is 89.0 Å². The Labute approximate surface area is 161 Å². The van der Waals surface area contributed by atoms with Crippen molar-refractivity contribution in [3.05, 3.63) is 70.4 Å². The summed E-state index contributed by atoms with van der Waals surface area (Å²) in [6.07, 6.45) is 1.54. The number of anilines is 3. The Balaban J connectivity index is 1.74. The summed E-state index contributed by atoms with van der Waals surface area (Å²) < 4.78 is 4.72. The third kappa shape index (κ3) is 4.71. The molecule has 8 heteroatoms. The van der Waals surface area contributed by atoms with Crippen molar-refractivity contribution >= 4 is 35.0 Å². The number of nitrogens with one attached hydrogen (secondary N) is 2. The summed E-state index contributed by atoms with van der Waals surface area (Å²) in [5.74, 6) is 0.368. The Morgan fingerprint density at radius 2 is 2.04 bits per heavy atom. The Kier molecular flexibility index (Phi) is 5.83. The maximum Gasteiger partial charge on any atom is 0.337 e. The van der Waals surface area contributed by atoms with E-state index in [4.69, 9.17) is 16.3 Å². The van der Waals surface area contributed by atoms with Crippen molar-refractivity contribution in [2.75, 3.05) is 17.7 Å². The highest BCUT2D eigenvalue weighted by Gasteiger charge is 2.10. The van der Waals surface area contributed by atoms with Crippen molar-refractivity contribution in [3.8, 4) is 0 Å². The van der Waals surface area contributed by atoms with E-state index in [9.17, 15) is 4.79 Å². The van der Waals surface area contributed by atoms with Gasteiger partial charge in [-0.15, -0.1) is 5.10 Å². The second-order valence-corrected chi connectivity index (χ2v) is 6.16. The highest BCUT2D eigenvalue weighted by Crippen LogP contribution is 2.25. The molecule has 0 fully saturated rings. The van der Waals surface area contributed by atoms with Crippen LogP contribution in [0.5, 0.6) is 0 Å². The lowest BCUT2D eigenvalue weighted by molar-refractivity contribution is 0.0601. The van der Waals surface area contributed by atoms with Crippen molar-refractivity contribution in [2.24, 2.45) is 0 Å². The van der Waals surface area contributed by atoms with Gasteiger partial charge in [0.15, 0.2) is 5.82 Å². The van der Waals surface area contributed by atoms with Crippen molar-refractivity contribution in [2.45, 2.75) is 13.5 Å². The van der Waals surface area contributed by atoms with Gasteiger partial charge >= 0.3 is 5.97 Å². The Hall–Kier alpha value is -3.19. The van der Waals surface area contributed by atoms with Crippen LogP contribution in [0.2, 0.25) is 5.02 Å².